The number of aryl methyl sites for hydroxylation is 1. The molecule has 4 rings (SSSR count). The number of amides is 2. The maximum absolute atomic E-state index is 12.4. The van der Waals surface area contributed by atoms with Crippen molar-refractivity contribution in [3.8, 4) is 5.75 Å². The molecule has 1 aliphatic heterocycles. The van der Waals surface area contributed by atoms with Crippen LogP contribution in [0.5, 0.6) is 5.75 Å². The van der Waals surface area contributed by atoms with Crippen LogP contribution in [-0.2, 0) is 0 Å². The van der Waals surface area contributed by atoms with Crippen molar-refractivity contribution >= 4 is 23.1 Å². The van der Waals surface area contributed by atoms with E-state index < -0.39 is 6.03 Å². The van der Waals surface area contributed by atoms with Crippen molar-refractivity contribution in [1.82, 2.24) is 5.43 Å². The molecule has 3 N–H and O–H groups in total. The Morgan fingerprint density at radius 1 is 1.07 bits per heavy atom. The average Bonchev–Trinajstić information content (AvgIpc) is 2.78. The van der Waals surface area contributed by atoms with Gasteiger partial charge in [-0.25, -0.2) is 10.2 Å². The van der Waals surface area contributed by atoms with E-state index in [1.54, 1.807) is 31.4 Å². The Bertz CT molecular complexity index is 1060. The SMILES string of the molecule is COc1ccc(NC(=O)NN=C2CC(c3ccccc3)Nc3ccc(C)cc32)cc1. The number of rotatable bonds is 4. The Balaban J connectivity index is 1.53. The van der Waals surface area contributed by atoms with E-state index in [2.05, 4.69) is 51.5 Å². The molecule has 1 unspecified atom stereocenters. The summed E-state index contributed by atoms with van der Waals surface area (Å²) < 4.78 is 5.13. The molecule has 0 saturated heterocycles. The van der Waals surface area contributed by atoms with Crippen molar-refractivity contribution in [3.63, 3.8) is 0 Å². The van der Waals surface area contributed by atoms with Gasteiger partial charge in [0.05, 0.1) is 18.9 Å². The Morgan fingerprint density at radius 2 is 1.83 bits per heavy atom. The molecule has 0 bridgehead atoms. The van der Waals surface area contributed by atoms with Gasteiger partial charge in [-0.2, -0.15) is 5.10 Å². The van der Waals surface area contributed by atoms with Crippen LogP contribution in [0.2, 0.25) is 0 Å². The molecule has 30 heavy (non-hydrogen) atoms. The standard InChI is InChI=1S/C24H24N4O2/c1-16-8-13-21-20(14-16)23(15-22(26-21)17-6-4-3-5-7-17)27-28-24(29)25-18-9-11-19(30-2)12-10-18/h3-14,22,26H,15H2,1-2H3,(H2,25,28,29). The molecule has 0 aromatic heterocycles. The van der Waals surface area contributed by atoms with Gasteiger partial charge in [-0.1, -0.05) is 42.0 Å². The Kier molecular flexibility index (Phi) is 5.66. The zero-order valence-electron chi connectivity index (χ0n) is 17.0. The van der Waals surface area contributed by atoms with Crippen molar-refractivity contribution in [1.29, 1.82) is 0 Å². The summed E-state index contributed by atoms with van der Waals surface area (Å²) in [6.45, 7) is 2.05. The highest BCUT2D eigenvalue weighted by atomic mass is 16.5. The fourth-order valence-corrected chi connectivity index (χ4v) is 3.51. The average molecular weight is 400 g/mol. The fraction of sp³-hybridized carbons (Fsp3) is 0.167. The maximum Gasteiger partial charge on any atom is 0.339 e. The number of hydrogen-bond donors (Lipinski definition) is 3. The summed E-state index contributed by atoms with van der Waals surface area (Å²) in [5.41, 5.74) is 8.48. The number of methoxy groups -OCH3 is 1. The summed E-state index contributed by atoms with van der Waals surface area (Å²) in [5, 5.41) is 10.8. The predicted octanol–water partition coefficient (Wildman–Crippen LogP) is 5.09. The number of ether oxygens (including phenoxy) is 1. The predicted molar refractivity (Wildman–Crippen MR) is 120 cm³/mol. The van der Waals surface area contributed by atoms with Crippen LogP contribution < -0.4 is 20.8 Å². The lowest BCUT2D eigenvalue weighted by Crippen LogP contribution is -2.29. The minimum Gasteiger partial charge on any atom is -0.497 e. The largest absolute Gasteiger partial charge is 0.497 e. The van der Waals surface area contributed by atoms with E-state index in [1.165, 1.54) is 5.56 Å². The number of urea groups is 1. The van der Waals surface area contributed by atoms with Gasteiger partial charge in [-0.05, 0) is 48.9 Å². The lowest BCUT2D eigenvalue weighted by Gasteiger charge is -2.29. The molecule has 3 aromatic rings. The van der Waals surface area contributed by atoms with Crippen LogP contribution in [0.4, 0.5) is 16.2 Å². The molecular weight excluding hydrogens is 376 g/mol. The number of fused-ring (bicyclic) bond motifs is 1. The van der Waals surface area contributed by atoms with Crippen LogP contribution in [0.15, 0.2) is 77.9 Å². The number of carbonyl (C=O) groups is 1. The van der Waals surface area contributed by atoms with Gasteiger partial charge >= 0.3 is 6.03 Å². The zero-order valence-corrected chi connectivity index (χ0v) is 17.0. The zero-order chi connectivity index (χ0) is 20.9. The first-order valence-corrected chi connectivity index (χ1v) is 9.82. The number of hydrazone groups is 1. The maximum atomic E-state index is 12.4. The van der Waals surface area contributed by atoms with Gasteiger partial charge in [0.25, 0.3) is 0 Å². The molecule has 152 valence electrons. The van der Waals surface area contributed by atoms with Crippen LogP contribution >= 0.6 is 0 Å². The Hall–Kier alpha value is -3.80. The molecule has 0 aliphatic carbocycles. The van der Waals surface area contributed by atoms with Crippen molar-refractivity contribution in [3.05, 3.63) is 89.5 Å². The summed E-state index contributed by atoms with van der Waals surface area (Å²) in [6.07, 6.45) is 0.670. The van der Waals surface area contributed by atoms with E-state index >= 15 is 0 Å². The van der Waals surface area contributed by atoms with E-state index in [0.717, 1.165) is 28.3 Å². The third-order valence-electron chi connectivity index (χ3n) is 5.06. The van der Waals surface area contributed by atoms with Crippen molar-refractivity contribution < 1.29 is 9.53 Å². The number of benzene rings is 3. The first kappa shape index (κ1) is 19.5. The topological polar surface area (TPSA) is 74.8 Å². The molecule has 2 amide bonds. The Morgan fingerprint density at radius 3 is 2.57 bits per heavy atom. The Labute approximate surface area is 176 Å². The number of hydrogen-bond acceptors (Lipinski definition) is 4. The smallest absolute Gasteiger partial charge is 0.339 e. The van der Waals surface area contributed by atoms with Gasteiger partial charge < -0.3 is 15.4 Å². The summed E-state index contributed by atoms with van der Waals surface area (Å²) in [5.74, 6) is 0.731. The van der Waals surface area contributed by atoms with E-state index in [9.17, 15) is 4.79 Å². The molecule has 6 nitrogen and oxygen atoms in total. The third kappa shape index (κ3) is 4.43. The van der Waals surface area contributed by atoms with Crippen molar-refractivity contribution in [2.45, 2.75) is 19.4 Å². The number of anilines is 2. The molecule has 1 aliphatic rings. The number of carbonyl (C=O) groups excluding carboxylic acids is 1. The van der Waals surface area contributed by atoms with E-state index in [1.807, 2.05) is 25.1 Å². The highest BCUT2D eigenvalue weighted by molar-refractivity contribution is 6.08. The summed E-state index contributed by atoms with van der Waals surface area (Å²) >= 11 is 0. The number of nitrogens with zero attached hydrogens (tertiary/aromatic N) is 1. The monoisotopic (exact) mass is 400 g/mol. The van der Waals surface area contributed by atoms with Gasteiger partial charge in [-0.15, -0.1) is 0 Å². The molecule has 3 aromatic carbocycles. The van der Waals surface area contributed by atoms with Crippen LogP contribution in [0.25, 0.3) is 0 Å². The summed E-state index contributed by atoms with van der Waals surface area (Å²) in [4.78, 5) is 12.4. The normalized spacial score (nSPS) is 16.3. The van der Waals surface area contributed by atoms with Crippen LogP contribution in [-0.4, -0.2) is 18.9 Å². The lowest BCUT2D eigenvalue weighted by atomic mass is 9.91. The summed E-state index contributed by atoms with van der Waals surface area (Å²) in [7, 11) is 1.60. The highest BCUT2D eigenvalue weighted by Crippen LogP contribution is 2.33. The second-order valence-electron chi connectivity index (χ2n) is 7.21. The molecular formula is C24H24N4O2. The van der Waals surface area contributed by atoms with Crippen LogP contribution in [0.1, 0.15) is 29.2 Å². The van der Waals surface area contributed by atoms with Gasteiger partial charge in [0.15, 0.2) is 0 Å². The number of nitrogens with one attached hydrogen (secondary N) is 3. The minimum absolute atomic E-state index is 0.0894. The molecule has 0 radical (unpaired) electrons. The molecule has 6 heteroatoms. The van der Waals surface area contributed by atoms with Gasteiger partial charge in [0.2, 0.25) is 0 Å². The lowest BCUT2D eigenvalue weighted by molar-refractivity contribution is 0.252. The molecule has 0 fully saturated rings. The quantitative estimate of drug-likeness (QED) is 0.534. The first-order chi connectivity index (χ1) is 14.6. The molecule has 1 atom stereocenters. The first-order valence-electron chi connectivity index (χ1n) is 9.82. The fourth-order valence-electron chi connectivity index (χ4n) is 3.51. The van der Waals surface area contributed by atoms with Crippen molar-refractivity contribution in [2.24, 2.45) is 5.10 Å². The molecule has 1 heterocycles. The van der Waals surface area contributed by atoms with Gasteiger partial charge in [0.1, 0.15) is 5.75 Å². The second-order valence-corrected chi connectivity index (χ2v) is 7.21. The van der Waals surface area contributed by atoms with E-state index in [4.69, 9.17) is 4.74 Å². The minimum atomic E-state index is -0.392. The third-order valence-corrected chi connectivity index (χ3v) is 5.06. The highest BCUT2D eigenvalue weighted by Gasteiger charge is 2.24. The van der Waals surface area contributed by atoms with E-state index in [0.29, 0.717) is 12.1 Å². The van der Waals surface area contributed by atoms with Gasteiger partial charge in [-0.3, -0.25) is 0 Å². The van der Waals surface area contributed by atoms with Crippen LogP contribution in [0.3, 0.4) is 0 Å². The van der Waals surface area contributed by atoms with E-state index in [-0.39, 0.29) is 6.04 Å². The van der Waals surface area contributed by atoms with Gasteiger partial charge in [0, 0.05) is 23.4 Å². The molecule has 0 saturated carbocycles. The second kappa shape index (κ2) is 8.69. The van der Waals surface area contributed by atoms with Crippen molar-refractivity contribution in [2.75, 3.05) is 17.7 Å². The molecule has 0 spiro atoms. The van der Waals surface area contributed by atoms with Crippen LogP contribution in [0, 0.1) is 6.92 Å². The summed E-state index contributed by atoms with van der Waals surface area (Å²) in [6, 6.07) is 23.3.